The van der Waals surface area contributed by atoms with Crippen molar-refractivity contribution in [2.24, 2.45) is 0 Å². The number of nitrogens with zero attached hydrogens (tertiary/aromatic N) is 2. The highest BCUT2D eigenvalue weighted by atomic mass is 79.9. The van der Waals surface area contributed by atoms with Gasteiger partial charge < -0.3 is 30.4 Å². The third-order valence-electron chi connectivity index (χ3n) is 11.1. The Kier molecular flexibility index (Phi) is 13.4. The first kappa shape index (κ1) is 48.2. The van der Waals surface area contributed by atoms with E-state index in [1.165, 1.54) is 48.5 Å². The van der Waals surface area contributed by atoms with Crippen LogP contribution in [0.3, 0.4) is 0 Å². The van der Waals surface area contributed by atoms with Gasteiger partial charge in [-0.05, 0) is 198 Å². The molecular formula is C48H22Br8N4O8. The largest absolute Gasteiger partial charge is 0.478 e. The van der Waals surface area contributed by atoms with Gasteiger partial charge in [0.2, 0.25) is 0 Å². The summed E-state index contributed by atoms with van der Waals surface area (Å²) in [4.78, 5) is 66.3. The van der Waals surface area contributed by atoms with Crippen LogP contribution in [0.1, 0.15) is 64.2 Å². The van der Waals surface area contributed by atoms with E-state index in [9.17, 15) is 39.6 Å². The number of rotatable bonds is 8. The Labute approximate surface area is 450 Å². The van der Waals surface area contributed by atoms with Crippen molar-refractivity contribution in [2.45, 2.75) is 0 Å². The fourth-order valence-electron chi connectivity index (χ4n) is 7.81. The summed E-state index contributed by atoms with van der Waals surface area (Å²) in [7, 11) is 0. The van der Waals surface area contributed by atoms with Crippen molar-refractivity contribution in [1.29, 1.82) is 0 Å². The fraction of sp³-hybridized carbons (Fsp3) is 0. The Balaban J connectivity index is 1.58. The molecule has 3 aromatic heterocycles. The van der Waals surface area contributed by atoms with Crippen LogP contribution in [-0.4, -0.2) is 64.2 Å². The lowest BCUT2D eigenvalue weighted by atomic mass is 10.0. The lowest BCUT2D eigenvalue weighted by molar-refractivity contribution is 0.0686. The van der Waals surface area contributed by atoms with E-state index in [4.69, 9.17) is 9.97 Å². The number of aromatic amines is 2. The molecule has 0 amide bonds. The predicted octanol–water partition coefficient (Wildman–Crippen LogP) is 16.1. The molecule has 0 spiro atoms. The van der Waals surface area contributed by atoms with Gasteiger partial charge >= 0.3 is 23.9 Å². The zero-order valence-electron chi connectivity index (χ0n) is 33.6. The van der Waals surface area contributed by atoms with Crippen molar-refractivity contribution in [1.82, 2.24) is 19.9 Å². The maximum atomic E-state index is 12.1. The van der Waals surface area contributed by atoms with Crippen molar-refractivity contribution >= 4 is 191 Å². The van der Waals surface area contributed by atoms with E-state index >= 15 is 0 Å². The monoisotopic (exact) mass is 1410 g/mol. The van der Waals surface area contributed by atoms with Gasteiger partial charge in [-0.1, -0.05) is 48.5 Å². The minimum absolute atomic E-state index is 0.0566. The molecule has 68 heavy (non-hydrogen) atoms. The molecule has 0 saturated carbocycles. The molecule has 0 aliphatic carbocycles. The van der Waals surface area contributed by atoms with Crippen LogP contribution in [0.2, 0.25) is 0 Å². The van der Waals surface area contributed by atoms with E-state index in [2.05, 4.69) is 137 Å². The zero-order valence-corrected chi connectivity index (χ0v) is 46.3. The molecule has 2 aliphatic rings. The first-order valence-corrected chi connectivity index (χ1v) is 25.7. The highest BCUT2D eigenvalue weighted by Gasteiger charge is 2.32. The molecule has 9 rings (SSSR count). The maximum Gasteiger partial charge on any atom is 0.335 e. The van der Waals surface area contributed by atoms with Gasteiger partial charge in [0.25, 0.3) is 0 Å². The summed E-state index contributed by atoms with van der Waals surface area (Å²) >= 11 is 30.9. The van der Waals surface area contributed by atoms with Gasteiger partial charge in [-0.3, -0.25) is 0 Å². The van der Waals surface area contributed by atoms with Crippen molar-refractivity contribution in [2.75, 3.05) is 0 Å². The van der Waals surface area contributed by atoms with Gasteiger partial charge in [-0.15, -0.1) is 0 Å². The van der Waals surface area contributed by atoms with Crippen molar-refractivity contribution in [3.8, 4) is 44.5 Å². The predicted molar refractivity (Wildman–Crippen MR) is 291 cm³/mol. The molecule has 0 unspecified atom stereocenters. The summed E-state index contributed by atoms with van der Waals surface area (Å²) in [5, 5.41) is 39.5. The van der Waals surface area contributed by atoms with Crippen LogP contribution in [0.4, 0.5) is 0 Å². The van der Waals surface area contributed by atoms with Gasteiger partial charge in [0.15, 0.2) is 0 Å². The number of carbonyl (C=O) groups is 4. The summed E-state index contributed by atoms with van der Waals surface area (Å²) < 4.78 is 4.24. The lowest BCUT2D eigenvalue weighted by Crippen LogP contribution is -1.97. The normalized spacial score (nSPS) is 12.5. The van der Waals surface area contributed by atoms with Gasteiger partial charge in [0.1, 0.15) is 0 Å². The first-order chi connectivity index (χ1) is 32.4. The summed E-state index contributed by atoms with van der Waals surface area (Å²) in [5.74, 6) is -4.43. The highest BCUT2D eigenvalue weighted by Crippen LogP contribution is 2.53. The fourth-order valence-corrected chi connectivity index (χ4v) is 11.7. The Morgan fingerprint density at radius 1 is 0.324 bits per heavy atom. The summed E-state index contributed by atoms with van der Waals surface area (Å²) in [6.07, 6.45) is 0. The summed E-state index contributed by atoms with van der Waals surface area (Å²) in [6.45, 7) is 0. The smallest absolute Gasteiger partial charge is 0.335 e. The minimum atomic E-state index is -1.11. The number of hydrogen-bond acceptors (Lipinski definition) is 6. The number of carboxylic acids is 4. The molecule has 12 nitrogen and oxygen atoms in total. The quantitative estimate of drug-likeness (QED) is 0.0849. The van der Waals surface area contributed by atoms with Crippen LogP contribution in [0, 0.1) is 0 Å². The van der Waals surface area contributed by atoms with E-state index in [0.717, 1.165) is 0 Å². The molecule has 0 fully saturated rings. The summed E-state index contributed by atoms with van der Waals surface area (Å²) in [5.41, 5.74) is 8.34. The van der Waals surface area contributed by atoms with E-state index in [1.54, 1.807) is 48.5 Å². The van der Waals surface area contributed by atoms with Crippen LogP contribution in [0.25, 0.3) is 84.5 Å². The number of fused-ring (bicyclic) bond motifs is 8. The third kappa shape index (κ3) is 8.33. The number of nitrogens with one attached hydrogen (secondary N) is 2. The number of halogens is 8. The van der Waals surface area contributed by atoms with Crippen molar-refractivity contribution < 1.29 is 39.6 Å². The standard InChI is InChI=1S/C48H22Br8N4O8/c49-29-31(51)39-26(18-3-11-22(12-4-18)46(63)64)41-33(53)35(55)43(59-41)28(20-7-15-24(16-8-20)48(67)68)44-36(56)34(54)42(60-44)27(19-5-13-23(14-6-19)47(65)66)40-32(52)30(50)38(58-40)25(37(29)57-39)17-1-9-21(10-2-17)45(61)62/h1-16,57-58H,(H,61,62)(H,63,64)(H,65,66)(H,67,68). The van der Waals surface area contributed by atoms with Gasteiger partial charge in [0, 0.05) is 22.3 Å². The molecule has 7 aromatic rings. The molecular weight excluding hydrogens is 1400 g/mol. The average molecular weight is 1420 g/mol. The van der Waals surface area contributed by atoms with Crippen molar-refractivity contribution in [3.05, 3.63) is 160 Å². The number of benzene rings is 4. The maximum absolute atomic E-state index is 12.1. The molecule has 4 aromatic carbocycles. The Morgan fingerprint density at radius 2 is 0.529 bits per heavy atom. The second-order valence-corrected chi connectivity index (χ2v) is 21.3. The highest BCUT2D eigenvalue weighted by molar-refractivity contribution is 9.18. The molecule has 8 bridgehead atoms. The molecule has 0 atom stereocenters. The second kappa shape index (κ2) is 18.8. The number of carboxylic acid groups (broad SMARTS) is 4. The Bertz CT molecular complexity index is 3460. The van der Waals surface area contributed by atoms with Crippen LogP contribution < -0.4 is 0 Å². The second-order valence-electron chi connectivity index (χ2n) is 14.9. The number of H-pyrrole nitrogens is 2. The van der Waals surface area contributed by atoms with Crippen LogP contribution in [0.5, 0.6) is 0 Å². The Morgan fingerprint density at radius 3 is 0.779 bits per heavy atom. The van der Waals surface area contributed by atoms with Crippen LogP contribution >= 0.6 is 127 Å². The minimum Gasteiger partial charge on any atom is -0.478 e. The molecule has 0 saturated heterocycles. The molecule has 20 heteroatoms. The van der Waals surface area contributed by atoms with Crippen LogP contribution in [-0.2, 0) is 0 Å². The van der Waals surface area contributed by atoms with Gasteiger partial charge in [0.05, 0.1) is 103 Å². The average Bonchev–Trinajstić information content (AvgIpc) is 3.98. The summed E-state index contributed by atoms with van der Waals surface area (Å²) in [6, 6.07) is 25.4. The van der Waals surface area contributed by atoms with E-state index in [0.29, 0.717) is 125 Å². The molecule has 0 radical (unpaired) electrons. The molecule has 2 aliphatic heterocycles. The van der Waals surface area contributed by atoms with Gasteiger partial charge in [-0.2, -0.15) is 0 Å². The number of aromatic carboxylic acids is 4. The lowest BCUT2D eigenvalue weighted by Gasteiger charge is -2.09. The number of aromatic nitrogens is 4. The topological polar surface area (TPSA) is 207 Å². The van der Waals surface area contributed by atoms with Crippen LogP contribution in [0.15, 0.2) is 115 Å². The SMILES string of the molecule is O=C(O)c1ccc(-c2c3nc(c(-c4ccc(C(=O)O)cc4)c4[nH]c(c(Br)c4Br)c(-c4ccc(C(=O)O)cc4)c4[nH]c(c(Br)c4Br)c(-c4ccc(C(=O)O)cc4)c4nc2C(Br)=C4Br)C(Br)=C3Br)cc1. The number of hydrogen-bond donors (Lipinski definition) is 6. The zero-order chi connectivity index (χ0) is 48.6. The van der Waals surface area contributed by atoms with E-state index in [-0.39, 0.29) is 22.3 Å². The molecule has 338 valence electrons. The first-order valence-electron chi connectivity index (χ1n) is 19.4. The third-order valence-corrected chi connectivity index (χ3v) is 19.4. The van der Waals surface area contributed by atoms with E-state index < -0.39 is 23.9 Å². The van der Waals surface area contributed by atoms with E-state index in [1.807, 2.05) is 0 Å². The Hall–Kier alpha value is -4.80. The molecule has 6 N–H and O–H groups in total. The van der Waals surface area contributed by atoms with Crippen molar-refractivity contribution in [3.63, 3.8) is 0 Å². The van der Waals surface area contributed by atoms with Gasteiger partial charge in [-0.25, -0.2) is 29.1 Å². The molecule has 5 heterocycles.